The fourth-order valence-corrected chi connectivity index (χ4v) is 1.90. The first kappa shape index (κ1) is 15.1. The van der Waals surface area contributed by atoms with Crippen LogP contribution in [0.15, 0.2) is 24.4 Å². The van der Waals surface area contributed by atoms with Gasteiger partial charge in [0.1, 0.15) is 17.4 Å². The highest BCUT2D eigenvalue weighted by atomic mass is 35.5. The van der Waals surface area contributed by atoms with Crippen molar-refractivity contribution in [2.45, 2.75) is 6.92 Å². The van der Waals surface area contributed by atoms with Crippen molar-refractivity contribution in [2.24, 2.45) is 0 Å². The number of halogens is 2. The van der Waals surface area contributed by atoms with E-state index in [4.69, 9.17) is 22.1 Å². The Hall–Kier alpha value is -2.34. The predicted molar refractivity (Wildman–Crippen MR) is 79.3 cm³/mol. The van der Waals surface area contributed by atoms with E-state index in [0.717, 1.165) is 17.8 Å². The molecule has 1 amide bonds. The molecule has 0 saturated carbocycles. The molecule has 0 radical (unpaired) electrons. The number of hydrogen-bond acceptors (Lipinski definition) is 4. The molecule has 1 aromatic heterocycles. The number of amides is 1. The molecule has 2 aromatic rings. The van der Waals surface area contributed by atoms with Crippen molar-refractivity contribution in [3.63, 3.8) is 0 Å². The maximum Gasteiger partial charge on any atom is 0.259 e. The monoisotopic (exact) mass is 309 g/mol. The van der Waals surface area contributed by atoms with Crippen molar-refractivity contribution < 1.29 is 13.9 Å². The quantitative estimate of drug-likeness (QED) is 0.913. The van der Waals surface area contributed by atoms with Gasteiger partial charge in [0.2, 0.25) is 0 Å². The van der Waals surface area contributed by atoms with Gasteiger partial charge >= 0.3 is 0 Å². The minimum absolute atomic E-state index is 0.0512. The summed E-state index contributed by atoms with van der Waals surface area (Å²) in [5.41, 5.74) is 6.70. The van der Waals surface area contributed by atoms with E-state index in [9.17, 15) is 9.18 Å². The minimum atomic E-state index is -0.645. The van der Waals surface area contributed by atoms with E-state index in [1.54, 1.807) is 19.1 Å². The number of carbonyl (C=O) groups excluding carboxylic acids is 1. The zero-order valence-corrected chi connectivity index (χ0v) is 12.2. The summed E-state index contributed by atoms with van der Waals surface area (Å²) in [4.78, 5) is 15.8. The number of aromatic nitrogens is 1. The topological polar surface area (TPSA) is 77.2 Å². The number of rotatable bonds is 3. The van der Waals surface area contributed by atoms with Crippen molar-refractivity contribution in [3.05, 3.63) is 46.4 Å². The molecule has 5 nitrogen and oxygen atoms in total. The first-order valence-corrected chi connectivity index (χ1v) is 6.36. The zero-order valence-electron chi connectivity index (χ0n) is 11.4. The second-order valence-corrected chi connectivity index (χ2v) is 4.75. The summed E-state index contributed by atoms with van der Waals surface area (Å²) in [5.74, 6) is -0.895. The van der Waals surface area contributed by atoms with Crippen LogP contribution in [0.5, 0.6) is 5.75 Å². The van der Waals surface area contributed by atoms with Crippen LogP contribution in [-0.2, 0) is 0 Å². The van der Waals surface area contributed by atoms with Gasteiger partial charge in [-0.3, -0.25) is 4.79 Å². The van der Waals surface area contributed by atoms with Gasteiger partial charge in [0, 0.05) is 11.1 Å². The normalized spacial score (nSPS) is 10.3. The minimum Gasteiger partial charge on any atom is -0.495 e. The molecule has 0 unspecified atom stereocenters. The lowest BCUT2D eigenvalue weighted by molar-refractivity contribution is 0.102. The third kappa shape index (κ3) is 3.22. The number of aryl methyl sites for hydroxylation is 1. The van der Waals surface area contributed by atoms with Crippen molar-refractivity contribution in [3.8, 4) is 5.75 Å². The van der Waals surface area contributed by atoms with Crippen LogP contribution in [0.2, 0.25) is 5.02 Å². The lowest BCUT2D eigenvalue weighted by Crippen LogP contribution is -2.16. The molecule has 0 spiro atoms. The zero-order chi connectivity index (χ0) is 15.6. The highest BCUT2D eigenvalue weighted by Gasteiger charge is 2.15. The van der Waals surface area contributed by atoms with E-state index in [1.165, 1.54) is 7.11 Å². The number of ether oxygens (including phenoxy) is 1. The van der Waals surface area contributed by atoms with Crippen LogP contribution in [0.3, 0.4) is 0 Å². The lowest BCUT2D eigenvalue weighted by atomic mass is 10.2. The smallest absolute Gasteiger partial charge is 0.259 e. The summed E-state index contributed by atoms with van der Waals surface area (Å²) in [6, 6.07) is 4.26. The van der Waals surface area contributed by atoms with E-state index in [2.05, 4.69) is 10.3 Å². The fourth-order valence-electron chi connectivity index (χ4n) is 1.75. The highest BCUT2D eigenvalue weighted by molar-refractivity contribution is 6.31. The molecule has 0 atom stereocenters. The summed E-state index contributed by atoms with van der Waals surface area (Å²) in [6.07, 6.45) is 0.944. The van der Waals surface area contributed by atoms with Gasteiger partial charge in [-0.1, -0.05) is 11.6 Å². The average Bonchev–Trinajstić information content (AvgIpc) is 2.45. The third-order valence-corrected chi connectivity index (χ3v) is 3.27. The van der Waals surface area contributed by atoms with Gasteiger partial charge in [-0.15, -0.1) is 0 Å². The number of nitrogens with zero attached hydrogens (tertiary/aromatic N) is 1. The molecule has 0 aliphatic rings. The van der Waals surface area contributed by atoms with Gasteiger partial charge in [-0.05, 0) is 24.6 Å². The molecular weight excluding hydrogens is 297 g/mol. The van der Waals surface area contributed by atoms with E-state index >= 15 is 0 Å². The number of benzene rings is 1. The number of hydrogen-bond donors (Lipinski definition) is 2. The summed E-state index contributed by atoms with van der Waals surface area (Å²) >= 11 is 5.99. The molecule has 110 valence electrons. The Kier molecular flexibility index (Phi) is 4.28. The van der Waals surface area contributed by atoms with Gasteiger partial charge in [-0.25, -0.2) is 9.37 Å². The number of nitrogens with two attached hydrogens (primary N) is 1. The number of anilines is 2. The molecule has 0 bridgehead atoms. The highest BCUT2D eigenvalue weighted by Crippen LogP contribution is 2.31. The Labute approximate surface area is 125 Å². The second-order valence-electron chi connectivity index (χ2n) is 4.34. The van der Waals surface area contributed by atoms with Crippen LogP contribution in [0.4, 0.5) is 15.9 Å². The van der Waals surface area contributed by atoms with Gasteiger partial charge in [0.15, 0.2) is 0 Å². The van der Waals surface area contributed by atoms with E-state index < -0.39 is 11.7 Å². The standard InChI is InChI=1S/C14H13ClFN3O2/c1-7-3-11(12(21-2)5-10(7)15)19-14(20)9-4-8(16)6-18-13(9)17/h3-6H,1-2H3,(H2,17,18)(H,19,20). The van der Waals surface area contributed by atoms with Gasteiger partial charge in [-0.2, -0.15) is 0 Å². The van der Waals surface area contributed by atoms with Gasteiger partial charge in [0.05, 0.1) is 24.6 Å². The molecule has 1 heterocycles. The van der Waals surface area contributed by atoms with E-state index in [1.807, 2.05) is 0 Å². The first-order chi connectivity index (χ1) is 9.92. The maximum atomic E-state index is 13.2. The molecule has 3 N–H and O–H groups in total. The molecule has 7 heteroatoms. The number of carbonyl (C=O) groups is 1. The maximum absolute atomic E-state index is 13.2. The van der Waals surface area contributed by atoms with Crippen molar-refractivity contribution in [1.82, 2.24) is 4.98 Å². The SMILES string of the molecule is COc1cc(Cl)c(C)cc1NC(=O)c1cc(F)cnc1N. The predicted octanol–water partition coefficient (Wildman–Crippen LogP) is 3.03. The van der Waals surface area contributed by atoms with Crippen molar-refractivity contribution >= 4 is 29.0 Å². The largest absolute Gasteiger partial charge is 0.495 e. The molecule has 0 fully saturated rings. The summed E-state index contributed by atoms with van der Waals surface area (Å²) < 4.78 is 18.3. The number of nitrogen functional groups attached to an aromatic ring is 1. The van der Waals surface area contributed by atoms with Gasteiger partial charge in [0.25, 0.3) is 5.91 Å². The number of nitrogens with one attached hydrogen (secondary N) is 1. The Bertz CT molecular complexity index is 707. The van der Waals surface area contributed by atoms with Crippen LogP contribution < -0.4 is 15.8 Å². The Morgan fingerprint density at radius 3 is 2.81 bits per heavy atom. The van der Waals surface area contributed by atoms with Crippen LogP contribution in [0, 0.1) is 12.7 Å². The molecule has 2 rings (SSSR count). The fraction of sp³-hybridized carbons (Fsp3) is 0.143. The summed E-state index contributed by atoms with van der Waals surface area (Å²) in [5, 5.41) is 3.12. The Balaban J connectivity index is 2.35. The Morgan fingerprint density at radius 1 is 1.43 bits per heavy atom. The molecule has 1 aromatic carbocycles. The molecule has 0 saturated heterocycles. The van der Waals surface area contributed by atoms with E-state index in [0.29, 0.717) is 16.5 Å². The van der Waals surface area contributed by atoms with Crippen LogP contribution in [0.1, 0.15) is 15.9 Å². The molecule has 21 heavy (non-hydrogen) atoms. The summed E-state index contributed by atoms with van der Waals surface area (Å²) in [6.45, 7) is 1.79. The average molecular weight is 310 g/mol. The van der Waals surface area contributed by atoms with Crippen molar-refractivity contribution in [1.29, 1.82) is 0 Å². The first-order valence-electron chi connectivity index (χ1n) is 5.99. The molecule has 0 aliphatic heterocycles. The second kappa shape index (κ2) is 5.97. The lowest BCUT2D eigenvalue weighted by Gasteiger charge is -2.12. The Morgan fingerprint density at radius 2 is 2.14 bits per heavy atom. The van der Waals surface area contributed by atoms with Crippen molar-refractivity contribution in [2.75, 3.05) is 18.2 Å². The number of methoxy groups -OCH3 is 1. The molecule has 0 aliphatic carbocycles. The van der Waals surface area contributed by atoms with Crippen LogP contribution >= 0.6 is 11.6 Å². The van der Waals surface area contributed by atoms with Crippen LogP contribution in [0.25, 0.3) is 0 Å². The number of pyridine rings is 1. The summed E-state index contributed by atoms with van der Waals surface area (Å²) in [7, 11) is 1.45. The van der Waals surface area contributed by atoms with E-state index in [-0.39, 0.29) is 11.4 Å². The molecular formula is C14H13ClFN3O2. The third-order valence-electron chi connectivity index (χ3n) is 2.86. The van der Waals surface area contributed by atoms with Gasteiger partial charge < -0.3 is 15.8 Å². The van der Waals surface area contributed by atoms with Crippen LogP contribution in [-0.4, -0.2) is 18.0 Å².